The molecule has 0 saturated carbocycles. The Morgan fingerprint density at radius 2 is 1.71 bits per heavy atom. The van der Waals surface area contributed by atoms with Crippen LogP contribution in [-0.4, -0.2) is 42.5 Å². The quantitative estimate of drug-likeness (QED) is 0.114. The maximum atomic E-state index is 14.0. The number of hydrogen-bond donors (Lipinski definition) is 5. The van der Waals surface area contributed by atoms with E-state index >= 15 is 0 Å². The number of nitrogens with two attached hydrogens (primary N) is 2. The van der Waals surface area contributed by atoms with Crippen molar-refractivity contribution in [3.8, 4) is 0 Å². The molecule has 0 aromatic heterocycles. The Hall–Kier alpha value is -2.27. The highest BCUT2D eigenvalue weighted by Crippen LogP contribution is 2.43. The molecule has 2 amide bonds. The maximum Gasteiger partial charge on any atom is 0.249 e. The molecule has 7 N–H and O–H groups in total. The Morgan fingerprint density at radius 1 is 1.09 bits per heavy atom. The largest absolute Gasteiger partial charge is 0.330 e. The normalized spacial score (nSPS) is 15.8. The molecule has 9 nitrogen and oxygen atoms in total. The van der Waals surface area contributed by atoms with E-state index in [0.717, 1.165) is 5.56 Å². The smallest absolute Gasteiger partial charge is 0.249 e. The van der Waals surface area contributed by atoms with Crippen LogP contribution in [0.15, 0.2) is 36.4 Å². The van der Waals surface area contributed by atoms with Gasteiger partial charge < -0.3 is 5.73 Å². The molecule has 192 valence electrons. The van der Waals surface area contributed by atoms with E-state index in [1.807, 2.05) is 58.0 Å². The topological polar surface area (TPSA) is 165 Å². The molecule has 0 radical (unpaired) electrons. The van der Waals surface area contributed by atoms with Gasteiger partial charge in [-0.3, -0.25) is 20.2 Å². The molecule has 0 fully saturated rings. The van der Waals surface area contributed by atoms with E-state index in [-0.39, 0.29) is 43.4 Å². The first-order chi connectivity index (χ1) is 16.0. The standard InChI is InChI=1S/C24H40N4O5S/c1-17(2)15-20(22(29)27-26)21(23(30)28-31)24(16-18(3)4,34(32,33)14-8-13-25)12-11-19-9-6-5-7-10-19/h5-7,9-12,17-18,20-21,31H,8,13-16,25-26H2,1-4H3,(H,27,29)(H,28,30)/b12-11+/t20-,21+,24?/m1/s1. The molecule has 0 aliphatic carbocycles. The molecule has 0 aliphatic rings. The highest BCUT2D eigenvalue weighted by Gasteiger charge is 2.55. The Bertz CT molecular complexity index is 919. The van der Waals surface area contributed by atoms with Crippen LogP contribution in [0.25, 0.3) is 6.08 Å². The van der Waals surface area contributed by atoms with E-state index in [9.17, 15) is 23.2 Å². The first-order valence-electron chi connectivity index (χ1n) is 11.6. The molecule has 3 atom stereocenters. The van der Waals surface area contributed by atoms with Crippen LogP contribution in [0.3, 0.4) is 0 Å². The fourth-order valence-corrected chi connectivity index (χ4v) is 6.90. The second-order valence-electron chi connectivity index (χ2n) is 9.46. The first kappa shape index (κ1) is 29.8. The third-order valence-electron chi connectivity index (χ3n) is 5.81. The Balaban J connectivity index is 3.99. The fraction of sp³-hybridized carbons (Fsp3) is 0.583. The Morgan fingerprint density at radius 3 is 2.18 bits per heavy atom. The minimum Gasteiger partial charge on any atom is -0.330 e. The maximum absolute atomic E-state index is 14.0. The van der Waals surface area contributed by atoms with Crippen LogP contribution >= 0.6 is 0 Å². The number of carbonyl (C=O) groups is 2. The van der Waals surface area contributed by atoms with E-state index in [4.69, 9.17) is 11.6 Å². The summed E-state index contributed by atoms with van der Waals surface area (Å²) in [7, 11) is -4.05. The van der Waals surface area contributed by atoms with E-state index in [1.54, 1.807) is 11.6 Å². The summed E-state index contributed by atoms with van der Waals surface area (Å²) in [4.78, 5) is 26.1. The monoisotopic (exact) mass is 496 g/mol. The fourth-order valence-electron chi connectivity index (χ4n) is 4.45. The van der Waals surface area contributed by atoms with Gasteiger partial charge in [-0.25, -0.2) is 19.7 Å². The van der Waals surface area contributed by atoms with Crippen LogP contribution in [0.2, 0.25) is 0 Å². The highest BCUT2D eigenvalue weighted by atomic mass is 32.2. The predicted octanol–water partition coefficient (Wildman–Crippen LogP) is 2.02. The van der Waals surface area contributed by atoms with E-state index in [0.29, 0.717) is 0 Å². The van der Waals surface area contributed by atoms with Crippen molar-refractivity contribution in [2.75, 3.05) is 12.3 Å². The predicted molar refractivity (Wildman–Crippen MR) is 134 cm³/mol. The van der Waals surface area contributed by atoms with Crippen molar-refractivity contribution < 1.29 is 23.2 Å². The number of benzene rings is 1. The lowest BCUT2D eigenvalue weighted by Gasteiger charge is -2.41. The van der Waals surface area contributed by atoms with Crippen LogP contribution in [0.4, 0.5) is 0 Å². The molecule has 0 saturated heterocycles. The number of rotatable bonds is 14. The van der Waals surface area contributed by atoms with Gasteiger partial charge in [0, 0.05) is 0 Å². The summed E-state index contributed by atoms with van der Waals surface area (Å²) in [6.45, 7) is 7.56. The van der Waals surface area contributed by atoms with Crippen molar-refractivity contribution >= 4 is 27.7 Å². The van der Waals surface area contributed by atoms with Crippen molar-refractivity contribution in [2.24, 2.45) is 35.2 Å². The summed E-state index contributed by atoms with van der Waals surface area (Å²) >= 11 is 0. The molecule has 10 heteroatoms. The van der Waals surface area contributed by atoms with Crippen LogP contribution in [0.5, 0.6) is 0 Å². The number of nitrogens with one attached hydrogen (secondary N) is 2. The molecule has 1 rings (SSSR count). The molecular formula is C24H40N4O5S. The van der Waals surface area contributed by atoms with E-state index in [2.05, 4.69) is 5.43 Å². The lowest BCUT2D eigenvalue weighted by Crippen LogP contribution is -2.58. The van der Waals surface area contributed by atoms with Crippen molar-refractivity contribution in [3.63, 3.8) is 0 Å². The van der Waals surface area contributed by atoms with Crippen molar-refractivity contribution in [3.05, 3.63) is 42.0 Å². The van der Waals surface area contributed by atoms with Crippen LogP contribution in [0.1, 0.15) is 52.5 Å². The van der Waals surface area contributed by atoms with Gasteiger partial charge in [-0.1, -0.05) is 70.2 Å². The summed E-state index contributed by atoms with van der Waals surface area (Å²) < 4.78 is 26.2. The van der Waals surface area contributed by atoms with Gasteiger partial charge in [0.05, 0.1) is 17.6 Å². The molecule has 1 aromatic carbocycles. The van der Waals surface area contributed by atoms with Gasteiger partial charge in [0.2, 0.25) is 11.8 Å². The highest BCUT2D eigenvalue weighted by molar-refractivity contribution is 7.93. The summed E-state index contributed by atoms with van der Waals surface area (Å²) in [6.07, 6.45) is 3.57. The molecule has 1 unspecified atom stereocenters. The lowest BCUT2D eigenvalue weighted by molar-refractivity contribution is -0.142. The van der Waals surface area contributed by atoms with Gasteiger partial charge in [0.15, 0.2) is 9.84 Å². The lowest BCUT2D eigenvalue weighted by atomic mass is 9.72. The molecule has 0 heterocycles. The van der Waals surface area contributed by atoms with Gasteiger partial charge in [0.25, 0.3) is 0 Å². The van der Waals surface area contributed by atoms with Crippen LogP contribution in [0, 0.1) is 23.7 Å². The SMILES string of the molecule is CC(C)C[C@@H](C(=O)NN)[C@@H](C(=O)NO)C(/C=C/c1ccccc1)(CC(C)C)S(=O)(=O)CCCN. The average molecular weight is 497 g/mol. The third-order valence-corrected chi connectivity index (χ3v) is 8.35. The molecule has 0 bridgehead atoms. The van der Waals surface area contributed by atoms with Crippen molar-refractivity contribution in [1.29, 1.82) is 0 Å². The van der Waals surface area contributed by atoms with E-state index < -0.39 is 38.2 Å². The number of carbonyl (C=O) groups excluding carboxylic acids is 2. The van der Waals surface area contributed by atoms with Gasteiger partial charge >= 0.3 is 0 Å². The summed E-state index contributed by atoms with van der Waals surface area (Å²) in [5, 5.41) is 9.67. The van der Waals surface area contributed by atoms with E-state index in [1.165, 1.54) is 6.08 Å². The Labute approximate surface area is 203 Å². The van der Waals surface area contributed by atoms with Crippen LogP contribution in [-0.2, 0) is 19.4 Å². The molecule has 0 aliphatic heterocycles. The number of hydrazine groups is 1. The minimum absolute atomic E-state index is 0.0494. The zero-order valence-corrected chi connectivity index (χ0v) is 21.3. The van der Waals surface area contributed by atoms with Gasteiger partial charge in [-0.15, -0.1) is 0 Å². The first-order valence-corrected chi connectivity index (χ1v) is 13.2. The third kappa shape index (κ3) is 7.63. The Kier molecular flexibility index (Phi) is 11.9. The summed E-state index contributed by atoms with van der Waals surface area (Å²) in [6, 6.07) is 9.08. The second kappa shape index (κ2) is 13.6. The van der Waals surface area contributed by atoms with Crippen LogP contribution < -0.4 is 22.5 Å². The number of hydrogen-bond acceptors (Lipinski definition) is 7. The second-order valence-corrected chi connectivity index (χ2v) is 11.9. The van der Waals surface area contributed by atoms with Crippen molar-refractivity contribution in [1.82, 2.24) is 10.9 Å². The number of amides is 2. The average Bonchev–Trinajstić information content (AvgIpc) is 2.79. The number of sulfone groups is 1. The molecule has 34 heavy (non-hydrogen) atoms. The summed E-state index contributed by atoms with van der Waals surface area (Å²) in [5.41, 5.74) is 10.1. The summed E-state index contributed by atoms with van der Waals surface area (Å²) in [5.74, 6) is 0.785. The molecule has 0 spiro atoms. The molecule has 1 aromatic rings. The minimum atomic E-state index is -4.05. The number of hydroxylamine groups is 1. The zero-order valence-electron chi connectivity index (χ0n) is 20.5. The van der Waals surface area contributed by atoms with Gasteiger partial charge in [0.1, 0.15) is 4.75 Å². The molecular weight excluding hydrogens is 456 g/mol. The van der Waals surface area contributed by atoms with Crippen molar-refractivity contribution in [2.45, 2.75) is 51.7 Å². The van der Waals surface area contributed by atoms with Gasteiger partial charge in [-0.2, -0.15) is 0 Å². The zero-order chi connectivity index (χ0) is 25.9. The van der Waals surface area contributed by atoms with Gasteiger partial charge in [-0.05, 0) is 43.2 Å².